The lowest BCUT2D eigenvalue weighted by Gasteiger charge is -2.37. The smallest absolute Gasteiger partial charge is 0.314 e. The van der Waals surface area contributed by atoms with Crippen LogP contribution in [0.3, 0.4) is 0 Å². The maximum atomic E-state index is 14.1. The minimum absolute atomic E-state index is 0.129. The van der Waals surface area contributed by atoms with Crippen LogP contribution in [0.15, 0.2) is 24.3 Å². The first-order valence-electron chi connectivity index (χ1n) is 6.72. The molecule has 1 fully saturated rings. The van der Waals surface area contributed by atoms with Gasteiger partial charge in [0.2, 0.25) is 0 Å². The topological polar surface area (TPSA) is 37.3 Å². The van der Waals surface area contributed by atoms with Crippen molar-refractivity contribution in [3.63, 3.8) is 0 Å². The van der Waals surface area contributed by atoms with Crippen LogP contribution in [0, 0.1) is 5.92 Å². The van der Waals surface area contributed by atoms with Gasteiger partial charge in [0, 0.05) is 17.4 Å². The lowest BCUT2D eigenvalue weighted by molar-refractivity contribution is -0.154. The van der Waals surface area contributed by atoms with E-state index in [9.17, 15) is 18.7 Å². The highest BCUT2D eigenvalue weighted by molar-refractivity contribution is 6.30. The summed E-state index contributed by atoms with van der Waals surface area (Å²) in [4.78, 5) is 11.8. The van der Waals surface area contributed by atoms with Gasteiger partial charge in [0.05, 0.1) is 0 Å². The van der Waals surface area contributed by atoms with E-state index in [-0.39, 0.29) is 19.3 Å². The van der Waals surface area contributed by atoms with Gasteiger partial charge < -0.3 is 5.11 Å². The Morgan fingerprint density at radius 3 is 2.45 bits per heavy atom. The quantitative estimate of drug-likeness (QED) is 0.888. The molecular weight excluding hydrogens is 286 g/mol. The average Bonchev–Trinajstić information content (AvgIpc) is 2.73. The van der Waals surface area contributed by atoms with E-state index in [4.69, 9.17) is 11.6 Å². The number of carboxylic acids is 1. The van der Waals surface area contributed by atoms with Gasteiger partial charge in [-0.2, -0.15) is 0 Å². The van der Waals surface area contributed by atoms with E-state index in [0.29, 0.717) is 17.0 Å². The Hall–Kier alpha value is -1.16. The summed E-state index contributed by atoms with van der Waals surface area (Å²) < 4.78 is 28.3. The molecule has 110 valence electrons. The van der Waals surface area contributed by atoms with E-state index in [1.54, 1.807) is 31.2 Å². The zero-order valence-electron chi connectivity index (χ0n) is 11.2. The molecule has 0 heterocycles. The second-order valence-electron chi connectivity index (χ2n) is 5.34. The second kappa shape index (κ2) is 5.32. The van der Waals surface area contributed by atoms with Crippen LogP contribution in [-0.4, -0.2) is 17.0 Å². The van der Waals surface area contributed by atoms with Crippen molar-refractivity contribution < 1.29 is 18.7 Å². The molecular formula is C15H17ClF2O2. The van der Waals surface area contributed by atoms with Gasteiger partial charge in [-0.05, 0) is 37.0 Å². The molecule has 2 rings (SSSR count). The second-order valence-corrected chi connectivity index (χ2v) is 5.78. The van der Waals surface area contributed by atoms with E-state index in [2.05, 4.69) is 0 Å². The monoisotopic (exact) mass is 302 g/mol. The number of alkyl halides is 2. The molecule has 0 spiro atoms. The van der Waals surface area contributed by atoms with E-state index >= 15 is 0 Å². The predicted molar refractivity (Wildman–Crippen MR) is 73.3 cm³/mol. The summed E-state index contributed by atoms with van der Waals surface area (Å²) >= 11 is 5.80. The van der Waals surface area contributed by atoms with Gasteiger partial charge >= 0.3 is 5.97 Å². The molecule has 0 saturated heterocycles. The zero-order valence-corrected chi connectivity index (χ0v) is 12.0. The molecule has 20 heavy (non-hydrogen) atoms. The van der Waals surface area contributed by atoms with E-state index in [0.717, 1.165) is 0 Å². The number of carbonyl (C=O) groups is 1. The summed E-state index contributed by atoms with van der Waals surface area (Å²) in [5.41, 5.74) is -1.15. The lowest BCUT2D eigenvalue weighted by atomic mass is 9.66. The maximum Gasteiger partial charge on any atom is 0.314 e. The van der Waals surface area contributed by atoms with Crippen molar-refractivity contribution in [2.24, 2.45) is 5.92 Å². The van der Waals surface area contributed by atoms with Gasteiger partial charge in [-0.1, -0.05) is 30.7 Å². The Morgan fingerprint density at radius 1 is 1.45 bits per heavy atom. The molecule has 2 atom stereocenters. The number of halogens is 3. The summed E-state index contributed by atoms with van der Waals surface area (Å²) in [6.45, 7) is 1.65. The molecule has 2 unspecified atom stereocenters. The van der Waals surface area contributed by atoms with Crippen molar-refractivity contribution >= 4 is 17.6 Å². The lowest BCUT2D eigenvalue weighted by Crippen LogP contribution is -2.48. The van der Waals surface area contributed by atoms with E-state index in [1.165, 1.54) is 0 Å². The van der Waals surface area contributed by atoms with Crippen molar-refractivity contribution in [1.29, 1.82) is 0 Å². The minimum atomic E-state index is -2.94. The van der Waals surface area contributed by atoms with Crippen LogP contribution < -0.4 is 0 Å². The largest absolute Gasteiger partial charge is 0.481 e. The van der Waals surface area contributed by atoms with Crippen LogP contribution in [0.4, 0.5) is 8.78 Å². The Morgan fingerprint density at radius 2 is 2.05 bits per heavy atom. The molecule has 1 N–H and O–H groups in total. The first-order chi connectivity index (χ1) is 9.34. The van der Waals surface area contributed by atoms with Crippen molar-refractivity contribution in [3.8, 4) is 0 Å². The minimum Gasteiger partial charge on any atom is -0.481 e. The average molecular weight is 303 g/mol. The molecule has 0 amide bonds. The molecule has 1 aromatic rings. The molecule has 0 aromatic heterocycles. The number of hydrogen-bond acceptors (Lipinski definition) is 1. The van der Waals surface area contributed by atoms with Crippen molar-refractivity contribution in [2.75, 3.05) is 0 Å². The molecule has 1 aromatic carbocycles. The first-order valence-corrected chi connectivity index (χ1v) is 7.09. The van der Waals surface area contributed by atoms with E-state index in [1.807, 2.05) is 0 Å². The molecule has 2 nitrogen and oxygen atoms in total. The fourth-order valence-corrected chi connectivity index (χ4v) is 3.48. The highest BCUT2D eigenvalue weighted by Gasteiger charge is 2.58. The number of benzene rings is 1. The van der Waals surface area contributed by atoms with Crippen LogP contribution in [0.5, 0.6) is 0 Å². The molecule has 5 heteroatoms. The molecule has 1 aliphatic carbocycles. The molecule has 0 radical (unpaired) electrons. The first kappa shape index (κ1) is 15.2. The number of rotatable bonds is 4. The molecule has 1 saturated carbocycles. The third kappa shape index (κ3) is 2.30. The Kier molecular flexibility index (Phi) is 4.05. The van der Waals surface area contributed by atoms with E-state index < -0.39 is 23.2 Å². The van der Waals surface area contributed by atoms with Crippen LogP contribution in [0.25, 0.3) is 0 Å². The highest BCUT2D eigenvalue weighted by Crippen LogP contribution is 2.52. The fourth-order valence-electron chi connectivity index (χ4n) is 3.36. The van der Waals surface area contributed by atoms with Gasteiger partial charge in [0.1, 0.15) is 5.41 Å². The Balaban J connectivity index is 2.56. The van der Waals surface area contributed by atoms with Crippen LogP contribution >= 0.6 is 11.6 Å². The zero-order chi connectivity index (χ0) is 15.0. The van der Waals surface area contributed by atoms with Gasteiger partial charge in [-0.3, -0.25) is 4.79 Å². The standard InChI is InChI=1S/C15H17ClF2O2/c1-2-14(13(19)20,10-5-7-11(16)8-6-10)12-4-3-9-15(12,17)18/h5-8,12H,2-4,9H2,1H3,(H,19,20). The van der Waals surface area contributed by atoms with Gasteiger partial charge in [-0.25, -0.2) is 8.78 Å². The molecule has 1 aliphatic rings. The number of hydrogen-bond donors (Lipinski definition) is 1. The summed E-state index contributed by atoms with van der Waals surface area (Å²) in [6, 6.07) is 6.21. The summed E-state index contributed by atoms with van der Waals surface area (Å²) in [5, 5.41) is 10.1. The Bertz CT molecular complexity index is 501. The Labute approximate surface area is 121 Å². The van der Waals surface area contributed by atoms with Crippen LogP contribution in [0.1, 0.15) is 38.2 Å². The maximum absolute atomic E-state index is 14.1. The molecule has 0 bridgehead atoms. The predicted octanol–water partition coefficient (Wildman–Crippen LogP) is 4.51. The third-order valence-corrected chi connectivity index (χ3v) is 4.66. The van der Waals surface area contributed by atoms with Gasteiger partial charge in [0.15, 0.2) is 0 Å². The third-order valence-electron chi connectivity index (χ3n) is 4.41. The van der Waals surface area contributed by atoms with Crippen molar-refractivity contribution in [3.05, 3.63) is 34.9 Å². The fraction of sp³-hybridized carbons (Fsp3) is 0.533. The van der Waals surface area contributed by atoms with Crippen LogP contribution in [-0.2, 0) is 10.2 Å². The van der Waals surface area contributed by atoms with Gasteiger partial charge in [0.25, 0.3) is 5.92 Å². The number of carboxylic acid groups (broad SMARTS) is 1. The van der Waals surface area contributed by atoms with Crippen molar-refractivity contribution in [2.45, 2.75) is 43.9 Å². The normalized spacial score (nSPS) is 24.3. The highest BCUT2D eigenvalue weighted by atomic mass is 35.5. The number of aliphatic carboxylic acids is 1. The SMILES string of the molecule is CCC(C(=O)O)(c1ccc(Cl)cc1)C1CCCC1(F)F. The summed E-state index contributed by atoms with van der Waals surface area (Å²) in [6.07, 6.45) is 0.487. The summed E-state index contributed by atoms with van der Waals surface area (Å²) in [5.74, 6) is -5.29. The van der Waals surface area contributed by atoms with Gasteiger partial charge in [-0.15, -0.1) is 0 Å². The molecule has 0 aliphatic heterocycles. The van der Waals surface area contributed by atoms with Crippen molar-refractivity contribution in [1.82, 2.24) is 0 Å². The summed E-state index contributed by atoms with van der Waals surface area (Å²) in [7, 11) is 0. The van der Waals surface area contributed by atoms with Crippen LogP contribution in [0.2, 0.25) is 5.02 Å².